The van der Waals surface area contributed by atoms with E-state index in [0.29, 0.717) is 13.1 Å². The lowest BCUT2D eigenvalue weighted by Gasteiger charge is -2.32. The Morgan fingerprint density at radius 1 is 1.24 bits per heavy atom. The van der Waals surface area contributed by atoms with Crippen molar-refractivity contribution in [3.8, 4) is 0 Å². The number of carbonyl (C=O) groups excluding carboxylic acids is 2. The fraction of sp³-hybridized carbons (Fsp3) is 0.429. The SMILES string of the molecule is CC(C(=O)N(C)CC(=O)N1CCC(c2nc3ccccc3o2)CC1)n1cccn1. The molecule has 1 aliphatic rings. The van der Waals surface area contributed by atoms with Crippen LogP contribution < -0.4 is 0 Å². The highest BCUT2D eigenvalue weighted by molar-refractivity contribution is 5.86. The van der Waals surface area contributed by atoms with Crippen LogP contribution in [0.15, 0.2) is 47.1 Å². The van der Waals surface area contributed by atoms with Gasteiger partial charge in [-0.25, -0.2) is 4.98 Å². The summed E-state index contributed by atoms with van der Waals surface area (Å²) in [6.07, 6.45) is 4.99. The van der Waals surface area contributed by atoms with E-state index in [0.717, 1.165) is 29.8 Å². The highest BCUT2D eigenvalue weighted by atomic mass is 16.3. The van der Waals surface area contributed by atoms with E-state index in [1.807, 2.05) is 29.2 Å². The molecule has 0 radical (unpaired) electrons. The summed E-state index contributed by atoms with van der Waals surface area (Å²) < 4.78 is 7.48. The summed E-state index contributed by atoms with van der Waals surface area (Å²) in [7, 11) is 1.66. The number of amides is 2. The molecule has 0 spiro atoms. The molecule has 3 aromatic rings. The highest BCUT2D eigenvalue weighted by Gasteiger charge is 2.29. The largest absolute Gasteiger partial charge is 0.440 e. The van der Waals surface area contributed by atoms with Crippen molar-refractivity contribution >= 4 is 22.9 Å². The van der Waals surface area contributed by atoms with Crippen LogP contribution in [-0.2, 0) is 9.59 Å². The first-order valence-electron chi connectivity index (χ1n) is 9.90. The Kier molecular flexibility index (Phi) is 5.33. The number of fused-ring (bicyclic) bond motifs is 1. The lowest BCUT2D eigenvalue weighted by atomic mass is 9.96. The van der Waals surface area contributed by atoms with Crippen LogP contribution in [0.25, 0.3) is 11.1 Å². The molecule has 0 saturated carbocycles. The fourth-order valence-electron chi connectivity index (χ4n) is 3.76. The molecule has 1 saturated heterocycles. The maximum absolute atomic E-state index is 12.7. The van der Waals surface area contributed by atoms with E-state index >= 15 is 0 Å². The van der Waals surface area contributed by atoms with Crippen molar-refractivity contribution in [2.24, 2.45) is 0 Å². The zero-order chi connectivity index (χ0) is 20.4. The Morgan fingerprint density at radius 3 is 2.69 bits per heavy atom. The second-order valence-electron chi connectivity index (χ2n) is 7.53. The summed E-state index contributed by atoms with van der Waals surface area (Å²) >= 11 is 0. The Morgan fingerprint density at radius 2 is 2.00 bits per heavy atom. The molecule has 1 aromatic carbocycles. The Hall–Kier alpha value is -3.16. The molecule has 4 rings (SSSR count). The molecule has 0 bridgehead atoms. The van der Waals surface area contributed by atoms with Gasteiger partial charge in [0.2, 0.25) is 11.8 Å². The minimum atomic E-state index is -0.437. The highest BCUT2D eigenvalue weighted by Crippen LogP contribution is 2.30. The van der Waals surface area contributed by atoms with Gasteiger partial charge in [-0.1, -0.05) is 12.1 Å². The summed E-state index contributed by atoms with van der Waals surface area (Å²) in [6, 6.07) is 9.08. The topological polar surface area (TPSA) is 84.5 Å². The number of hydrogen-bond acceptors (Lipinski definition) is 5. The molecule has 2 amide bonds. The van der Waals surface area contributed by atoms with Crippen molar-refractivity contribution in [2.75, 3.05) is 26.7 Å². The zero-order valence-corrected chi connectivity index (χ0v) is 16.7. The molecule has 1 aliphatic heterocycles. The quantitative estimate of drug-likeness (QED) is 0.663. The second kappa shape index (κ2) is 8.06. The Balaban J connectivity index is 1.31. The minimum absolute atomic E-state index is 0.0375. The first-order valence-corrected chi connectivity index (χ1v) is 9.90. The van der Waals surface area contributed by atoms with Gasteiger partial charge in [-0.15, -0.1) is 0 Å². The standard InChI is InChI=1S/C21H25N5O3/c1-15(26-11-5-10-22-26)21(28)24(2)14-19(27)25-12-8-16(9-13-25)20-23-17-6-3-4-7-18(17)29-20/h3-7,10-11,15-16H,8-9,12-14H2,1-2H3. The molecule has 3 heterocycles. The zero-order valence-electron chi connectivity index (χ0n) is 16.7. The van der Waals surface area contributed by atoms with E-state index in [-0.39, 0.29) is 24.3 Å². The minimum Gasteiger partial charge on any atom is -0.440 e. The Bertz CT molecular complexity index is 956. The van der Waals surface area contributed by atoms with Crippen molar-refractivity contribution in [3.05, 3.63) is 48.6 Å². The summed E-state index contributed by atoms with van der Waals surface area (Å²) in [5, 5.41) is 4.10. The summed E-state index contributed by atoms with van der Waals surface area (Å²) in [5.41, 5.74) is 1.67. The smallest absolute Gasteiger partial charge is 0.247 e. The molecule has 8 nitrogen and oxygen atoms in total. The average Bonchev–Trinajstić information content (AvgIpc) is 3.42. The number of hydrogen-bond donors (Lipinski definition) is 0. The molecule has 29 heavy (non-hydrogen) atoms. The molecule has 152 valence electrons. The van der Waals surface area contributed by atoms with Gasteiger partial charge in [0.25, 0.3) is 0 Å². The van der Waals surface area contributed by atoms with Crippen LogP contribution in [-0.4, -0.2) is 63.1 Å². The van der Waals surface area contributed by atoms with Gasteiger partial charge in [0, 0.05) is 38.4 Å². The summed E-state index contributed by atoms with van der Waals surface area (Å²) in [4.78, 5) is 33.1. The normalized spacial score (nSPS) is 16.1. The van der Waals surface area contributed by atoms with E-state index in [1.54, 1.807) is 37.1 Å². The number of nitrogens with zero attached hydrogens (tertiary/aromatic N) is 5. The van der Waals surface area contributed by atoms with Crippen molar-refractivity contribution in [3.63, 3.8) is 0 Å². The summed E-state index contributed by atoms with van der Waals surface area (Å²) in [6.45, 7) is 3.12. The fourth-order valence-corrected chi connectivity index (χ4v) is 3.76. The van der Waals surface area contributed by atoms with E-state index < -0.39 is 6.04 Å². The van der Waals surface area contributed by atoms with Gasteiger partial charge in [0.05, 0.1) is 6.54 Å². The first kappa shape index (κ1) is 19.2. The van der Waals surface area contributed by atoms with Gasteiger partial charge in [0.15, 0.2) is 11.5 Å². The van der Waals surface area contributed by atoms with E-state index in [4.69, 9.17) is 4.42 Å². The molecular formula is C21H25N5O3. The Labute approximate surface area is 169 Å². The van der Waals surface area contributed by atoms with Crippen molar-refractivity contribution < 1.29 is 14.0 Å². The van der Waals surface area contributed by atoms with Crippen LogP contribution in [0, 0.1) is 0 Å². The number of para-hydroxylation sites is 2. The molecule has 1 unspecified atom stereocenters. The maximum Gasteiger partial charge on any atom is 0.247 e. The van der Waals surface area contributed by atoms with Gasteiger partial charge in [0.1, 0.15) is 11.6 Å². The lowest BCUT2D eigenvalue weighted by Crippen LogP contribution is -2.45. The molecular weight excluding hydrogens is 370 g/mol. The van der Waals surface area contributed by atoms with Crippen LogP contribution in [0.3, 0.4) is 0 Å². The third kappa shape index (κ3) is 4.01. The van der Waals surface area contributed by atoms with Crippen LogP contribution in [0.4, 0.5) is 0 Å². The van der Waals surface area contributed by atoms with Gasteiger partial charge in [-0.3, -0.25) is 14.3 Å². The number of carbonyl (C=O) groups is 2. The average molecular weight is 395 g/mol. The lowest BCUT2D eigenvalue weighted by molar-refractivity contribution is -0.141. The van der Waals surface area contributed by atoms with Crippen LogP contribution in [0.2, 0.25) is 0 Å². The van der Waals surface area contributed by atoms with Crippen LogP contribution >= 0.6 is 0 Å². The number of rotatable bonds is 5. The van der Waals surface area contributed by atoms with Crippen LogP contribution in [0.1, 0.15) is 37.6 Å². The molecule has 1 fully saturated rings. The number of likely N-dealkylation sites (tertiary alicyclic amines) is 1. The first-order chi connectivity index (χ1) is 14.0. The number of benzene rings is 1. The molecule has 0 aliphatic carbocycles. The third-order valence-electron chi connectivity index (χ3n) is 5.54. The van der Waals surface area contributed by atoms with Crippen molar-refractivity contribution in [1.82, 2.24) is 24.6 Å². The number of aromatic nitrogens is 3. The van der Waals surface area contributed by atoms with Gasteiger partial charge >= 0.3 is 0 Å². The molecule has 2 aromatic heterocycles. The predicted molar refractivity (Wildman–Crippen MR) is 107 cm³/mol. The maximum atomic E-state index is 12.7. The summed E-state index contributed by atoms with van der Waals surface area (Å²) in [5.74, 6) is 0.789. The van der Waals surface area contributed by atoms with E-state index in [9.17, 15) is 9.59 Å². The number of piperidine rings is 1. The predicted octanol–water partition coefficient (Wildman–Crippen LogP) is 2.45. The van der Waals surface area contributed by atoms with Crippen LogP contribution in [0.5, 0.6) is 0 Å². The number of oxazole rings is 1. The molecule has 1 atom stereocenters. The molecule has 8 heteroatoms. The number of likely N-dealkylation sites (N-methyl/N-ethyl adjacent to an activating group) is 1. The third-order valence-corrected chi connectivity index (χ3v) is 5.54. The second-order valence-corrected chi connectivity index (χ2v) is 7.53. The monoisotopic (exact) mass is 395 g/mol. The molecule has 0 N–H and O–H groups in total. The van der Waals surface area contributed by atoms with Gasteiger partial charge < -0.3 is 14.2 Å². The van der Waals surface area contributed by atoms with Gasteiger partial charge in [-0.05, 0) is 38.0 Å². The van der Waals surface area contributed by atoms with E-state index in [2.05, 4.69) is 10.1 Å². The van der Waals surface area contributed by atoms with Crippen molar-refractivity contribution in [2.45, 2.75) is 31.7 Å². The van der Waals surface area contributed by atoms with E-state index in [1.165, 1.54) is 4.90 Å². The van der Waals surface area contributed by atoms with Gasteiger partial charge in [-0.2, -0.15) is 5.10 Å². The van der Waals surface area contributed by atoms with Crippen molar-refractivity contribution in [1.29, 1.82) is 0 Å².